The van der Waals surface area contributed by atoms with Gasteiger partial charge < -0.3 is 10.0 Å². The molecule has 2 fully saturated rings. The molecule has 2 atom stereocenters. The van der Waals surface area contributed by atoms with Crippen LogP contribution in [0.1, 0.15) is 36.0 Å². The lowest BCUT2D eigenvalue weighted by atomic mass is 9.98. The molecular formula is C14H15ClFNO2. The van der Waals surface area contributed by atoms with Crippen LogP contribution in [-0.4, -0.2) is 34.1 Å². The van der Waals surface area contributed by atoms with E-state index in [-0.39, 0.29) is 34.7 Å². The van der Waals surface area contributed by atoms with Gasteiger partial charge in [0.15, 0.2) is 0 Å². The first-order valence-corrected chi connectivity index (χ1v) is 6.90. The Morgan fingerprint density at radius 1 is 1.32 bits per heavy atom. The van der Waals surface area contributed by atoms with Gasteiger partial charge >= 0.3 is 0 Å². The molecule has 5 heteroatoms. The summed E-state index contributed by atoms with van der Waals surface area (Å²) in [5, 5.41) is 9.62. The number of amides is 1. The lowest BCUT2D eigenvalue weighted by Gasteiger charge is -2.37. The summed E-state index contributed by atoms with van der Waals surface area (Å²) >= 11 is 5.88. The van der Waals surface area contributed by atoms with Gasteiger partial charge in [0.2, 0.25) is 0 Å². The fourth-order valence-electron chi connectivity index (χ4n) is 3.29. The fraction of sp³-hybridized carbons (Fsp3) is 0.500. The van der Waals surface area contributed by atoms with Crippen LogP contribution < -0.4 is 0 Å². The number of nitrogens with zero attached hydrogens (tertiary/aromatic N) is 1. The zero-order valence-corrected chi connectivity index (χ0v) is 11.1. The van der Waals surface area contributed by atoms with Crippen LogP contribution in [0.2, 0.25) is 5.02 Å². The molecule has 0 aliphatic carbocycles. The van der Waals surface area contributed by atoms with Crippen molar-refractivity contribution in [1.29, 1.82) is 0 Å². The summed E-state index contributed by atoms with van der Waals surface area (Å²) in [5.41, 5.74) is 0.218. The summed E-state index contributed by atoms with van der Waals surface area (Å²) in [6.45, 7) is 0. The second-order valence-corrected chi connectivity index (χ2v) is 5.70. The molecule has 1 aromatic rings. The molecule has 2 unspecified atom stereocenters. The van der Waals surface area contributed by atoms with Crippen LogP contribution in [-0.2, 0) is 0 Å². The average molecular weight is 284 g/mol. The molecule has 0 spiro atoms. The third kappa shape index (κ3) is 2.13. The van der Waals surface area contributed by atoms with Crippen LogP contribution in [0.25, 0.3) is 0 Å². The van der Waals surface area contributed by atoms with E-state index in [4.69, 9.17) is 11.6 Å². The van der Waals surface area contributed by atoms with Gasteiger partial charge in [-0.05, 0) is 37.8 Å². The predicted molar refractivity (Wildman–Crippen MR) is 69.6 cm³/mol. The van der Waals surface area contributed by atoms with E-state index in [0.717, 1.165) is 12.8 Å². The summed E-state index contributed by atoms with van der Waals surface area (Å²) in [4.78, 5) is 14.3. The van der Waals surface area contributed by atoms with Gasteiger partial charge in [0.25, 0.3) is 5.91 Å². The van der Waals surface area contributed by atoms with Gasteiger partial charge in [0, 0.05) is 12.1 Å². The van der Waals surface area contributed by atoms with Crippen molar-refractivity contribution in [3.63, 3.8) is 0 Å². The second kappa shape index (κ2) is 4.76. The molecule has 3 nitrogen and oxygen atoms in total. The van der Waals surface area contributed by atoms with E-state index in [2.05, 4.69) is 0 Å². The molecule has 2 saturated heterocycles. The Balaban J connectivity index is 1.91. The van der Waals surface area contributed by atoms with E-state index in [1.165, 1.54) is 12.1 Å². The molecule has 2 aliphatic heterocycles. The molecule has 102 valence electrons. The van der Waals surface area contributed by atoms with Gasteiger partial charge in [-0.25, -0.2) is 4.39 Å². The minimum Gasteiger partial charge on any atom is -0.393 e. The molecule has 19 heavy (non-hydrogen) atoms. The van der Waals surface area contributed by atoms with E-state index < -0.39 is 5.82 Å². The standard InChI is InChI=1S/C14H15ClFNO2/c15-13-11(2-1-3-12(13)16)14(19)17-8-4-5-9(17)7-10(18)6-8/h1-3,8-10,18H,4-7H2. The van der Waals surface area contributed by atoms with Crippen LogP contribution in [0.3, 0.4) is 0 Å². The monoisotopic (exact) mass is 283 g/mol. The molecule has 2 aliphatic rings. The van der Waals surface area contributed by atoms with E-state index in [9.17, 15) is 14.3 Å². The van der Waals surface area contributed by atoms with E-state index in [1.54, 1.807) is 11.0 Å². The number of halogens is 2. The molecule has 0 aromatic heterocycles. The Hall–Kier alpha value is -1.13. The number of carbonyl (C=O) groups is 1. The highest BCUT2D eigenvalue weighted by Gasteiger charge is 2.43. The average Bonchev–Trinajstić information content (AvgIpc) is 2.64. The fourth-order valence-corrected chi connectivity index (χ4v) is 3.49. The number of carbonyl (C=O) groups excluding carboxylic acids is 1. The van der Waals surface area contributed by atoms with E-state index >= 15 is 0 Å². The van der Waals surface area contributed by atoms with Crippen LogP contribution in [0.5, 0.6) is 0 Å². The summed E-state index contributed by atoms with van der Waals surface area (Å²) < 4.78 is 13.4. The van der Waals surface area contributed by atoms with Gasteiger partial charge in [-0.15, -0.1) is 0 Å². The van der Waals surface area contributed by atoms with E-state index in [0.29, 0.717) is 12.8 Å². The van der Waals surface area contributed by atoms with Crippen molar-refractivity contribution in [1.82, 2.24) is 4.90 Å². The highest BCUT2D eigenvalue weighted by molar-refractivity contribution is 6.34. The van der Waals surface area contributed by atoms with Crippen LogP contribution in [0.15, 0.2) is 18.2 Å². The number of benzene rings is 1. The molecule has 2 bridgehead atoms. The van der Waals surface area contributed by atoms with Crippen LogP contribution in [0.4, 0.5) is 4.39 Å². The number of fused-ring (bicyclic) bond motifs is 2. The molecule has 1 aromatic carbocycles. The van der Waals surface area contributed by atoms with Crippen molar-refractivity contribution in [2.24, 2.45) is 0 Å². The Labute approximate surface area is 116 Å². The van der Waals surface area contributed by atoms with Crippen LogP contribution >= 0.6 is 11.6 Å². The molecule has 2 heterocycles. The first-order valence-electron chi connectivity index (χ1n) is 6.52. The maximum atomic E-state index is 13.4. The number of aliphatic hydroxyl groups excluding tert-OH is 1. The Bertz CT molecular complexity index is 508. The number of rotatable bonds is 1. The Morgan fingerprint density at radius 3 is 2.58 bits per heavy atom. The normalized spacial score (nSPS) is 29.6. The van der Waals surface area contributed by atoms with Gasteiger partial charge in [-0.1, -0.05) is 17.7 Å². The van der Waals surface area contributed by atoms with Gasteiger partial charge in [0.1, 0.15) is 5.82 Å². The van der Waals surface area contributed by atoms with Crippen molar-refractivity contribution in [2.45, 2.75) is 43.9 Å². The Kier molecular flexibility index (Phi) is 3.23. The minimum absolute atomic E-state index is 0.0561. The summed E-state index contributed by atoms with van der Waals surface area (Å²) in [7, 11) is 0. The molecule has 0 radical (unpaired) electrons. The molecule has 1 N–H and O–H groups in total. The largest absolute Gasteiger partial charge is 0.393 e. The maximum Gasteiger partial charge on any atom is 0.255 e. The third-order valence-corrected chi connectivity index (χ3v) is 4.51. The Morgan fingerprint density at radius 2 is 1.95 bits per heavy atom. The van der Waals surface area contributed by atoms with Crippen molar-refractivity contribution in [2.75, 3.05) is 0 Å². The quantitative estimate of drug-likeness (QED) is 0.861. The minimum atomic E-state index is -0.572. The zero-order chi connectivity index (χ0) is 13.6. The van der Waals surface area contributed by atoms with Crippen molar-refractivity contribution < 1.29 is 14.3 Å². The topological polar surface area (TPSA) is 40.5 Å². The van der Waals surface area contributed by atoms with Gasteiger partial charge in [0.05, 0.1) is 16.7 Å². The predicted octanol–water partition coefficient (Wildman–Crippen LogP) is 2.61. The number of piperidine rings is 1. The van der Waals surface area contributed by atoms with Gasteiger partial charge in [-0.3, -0.25) is 4.79 Å². The molecule has 0 saturated carbocycles. The lowest BCUT2D eigenvalue weighted by molar-refractivity contribution is 0.0286. The second-order valence-electron chi connectivity index (χ2n) is 5.32. The smallest absolute Gasteiger partial charge is 0.255 e. The molecule has 1 amide bonds. The maximum absolute atomic E-state index is 13.4. The van der Waals surface area contributed by atoms with Crippen molar-refractivity contribution in [3.8, 4) is 0 Å². The number of aliphatic hydroxyl groups is 1. The number of hydrogen-bond donors (Lipinski definition) is 1. The molecular weight excluding hydrogens is 269 g/mol. The van der Waals surface area contributed by atoms with Crippen LogP contribution in [0, 0.1) is 5.82 Å². The zero-order valence-electron chi connectivity index (χ0n) is 10.4. The summed E-state index contributed by atoms with van der Waals surface area (Å²) in [6, 6.07) is 4.40. The third-order valence-electron chi connectivity index (χ3n) is 4.12. The summed E-state index contributed by atoms with van der Waals surface area (Å²) in [5.74, 6) is -0.791. The lowest BCUT2D eigenvalue weighted by Crippen LogP contribution is -2.48. The van der Waals surface area contributed by atoms with Crippen molar-refractivity contribution in [3.05, 3.63) is 34.6 Å². The first kappa shape index (κ1) is 12.9. The van der Waals surface area contributed by atoms with Gasteiger partial charge in [-0.2, -0.15) is 0 Å². The highest BCUT2D eigenvalue weighted by Crippen LogP contribution is 2.37. The van der Waals surface area contributed by atoms with Crippen molar-refractivity contribution >= 4 is 17.5 Å². The highest BCUT2D eigenvalue weighted by atomic mass is 35.5. The first-order chi connectivity index (χ1) is 9.08. The summed E-state index contributed by atoms with van der Waals surface area (Å²) in [6.07, 6.45) is 2.69. The van der Waals surface area contributed by atoms with E-state index in [1.807, 2.05) is 0 Å². The molecule has 3 rings (SSSR count). The SMILES string of the molecule is O=C(c1cccc(F)c1Cl)N1C2CCC1CC(O)C2. The number of hydrogen-bond acceptors (Lipinski definition) is 2.